The van der Waals surface area contributed by atoms with Crippen LogP contribution in [0.1, 0.15) is 38.8 Å². The van der Waals surface area contributed by atoms with Crippen molar-refractivity contribution in [1.82, 2.24) is 10.6 Å². The highest BCUT2D eigenvalue weighted by Crippen LogP contribution is 2.33. The van der Waals surface area contributed by atoms with E-state index in [0.29, 0.717) is 6.42 Å². The van der Waals surface area contributed by atoms with E-state index >= 15 is 0 Å². The van der Waals surface area contributed by atoms with Crippen molar-refractivity contribution in [2.75, 3.05) is 13.6 Å². The molecule has 7 nitrogen and oxygen atoms in total. The Morgan fingerprint density at radius 1 is 1.27 bits per heavy atom. The van der Waals surface area contributed by atoms with Crippen LogP contribution in [0.5, 0.6) is 0 Å². The molecule has 3 atom stereocenters. The van der Waals surface area contributed by atoms with Crippen molar-refractivity contribution in [3.05, 3.63) is 35.9 Å². The minimum Gasteiger partial charge on any atom is -0.469 e. The molecular weight excluding hydrogens is 335 g/mol. The Kier molecular flexibility index (Phi) is 9.33. The molecular formula is C18H29BN2O5. The summed E-state index contributed by atoms with van der Waals surface area (Å²) in [5.74, 6) is -0.388. The first kappa shape index (κ1) is 22.1. The highest BCUT2D eigenvalue weighted by molar-refractivity contribution is 6.41. The second-order valence-corrected chi connectivity index (χ2v) is 6.93. The molecule has 1 aromatic rings. The molecule has 2 rings (SSSR count). The Hall–Kier alpha value is -1.90. The normalized spacial score (nSPS) is 21.6. The topological polar surface area (TPSA) is 108 Å². The fourth-order valence-electron chi connectivity index (χ4n) is 2.66. The molecule has 0 radical (unpaired) electrons. The minimum atomic E-state index is -1.60. The maximum atomic E-state index is 12.0. The monoisotopic (exact) mass is 364 g/mol. The van der Waals surface area contributed by atoms with E-state index in [-0.39, 0.29) is 24.4 Å². The third kappa shape index (κ3) is 7.15. The fourth-order valence-corrected chi connectivity index (χ4v) is 2.66. The van der Waals surface area contributed by atoms with Gasteiger partial charge >= 0.3 is 13.1 Å². The van der Waals surface area contributed by atoms with Gasteiger partial charge in [-0.25, -0.2) is 0 Å². The lowest BCUT2D eigenvalue weighted by Gasteiger charge is -2.18. The second kappa shape index (κ2) is 11.0. The van der Waals surface area contributed by atoms with Gasteiger partial charge in [0.15, 0.2) is 0 Å². The highest BCUT2D eigenvalue weighted by atomic mass is 16.5. The summed E-state index contributed by atoms with van der Waals surface area (Å²) in [4.78, 5) is 24.0. The average Bonchev–Trinajstić information content (AvgIpc) is 3.04. The number of carbonyl (C=O) groups is 2. The van der Waals surface area contributed by atoms with Gasteiger partial charge in [0.2, 0.25) is 5.91 Å². The van der Waals surface area contributed by atoms with Crippen LogP contribution in [0.4, 0.5) is 0 Å². The molecule has 1 aromatic carbocycles. The first-order chi connectivity index (χ1) is 12.3. The van der Waals surface area contributed by atoms with Gasteiger partial charge in [0.1, 0.15) is 0 Å². The molecule has 1 amide bonds. The SMILES string of the molecule is CC(C)C.COC(=O)C1CC(C(=O)NCB(O)O)NC1c1ccccc1. The van der Waals surface area contributed by atoms with Crippen LogP contribution in [0, 0.1) is 11.8 Å². The van der Waals surface area contributed by atoms with E-state index in [4.69, 9.17) is 14.8 Å². The molecule has 8 heteroatoms. The largest absolute Gasteiger partial charge is 0.472 e. The zero-order valence-corrected chi connectivity index (χ0v) is 15.8. The number of ether oxygens (including phenoxy) is 1. The number of rotatable bonds is 5. The van der Waals surface area contributed by atoms with E-state index < -0.39 is 19.1 Å². The number of nitrogens with one attached hydrogen (secondary N) is 2. The summed E-state index contributed by atoms with van der Waals surface area (Å²) < 4.78 is 4.82. The predicted molar refractivity (Wildman–Crippen MR) is 99.9 cm³/mol. The molecule has 0 spiro atoms. The average molecular weight is 364 g/mol. The summed E-state index contributed by atoms with van der Waals surface area (Å²) in [6.45, 7) is 6.50. The molecule has 1 aliphatic heterocycles. The number of carbonyl (C=O) groups excluding carboxylic acids is 2. The van der Waals surface area contributed by atoms with E-state index in [9.17, 15) is 9.59 Å². The summed E-state index contributed by atoms with van der Waals surface area (Å²) in [6.07, 6.45) is 0.0372. The molecule has 1 aliphatic rings. The van der Waals surface area contributed by atoms with Crippen LogP contribution in [0.15, 0.2) is 30.3 Å². The molecule has 0 saturated carbocycles. The molecule has 3 unspecified atom stereocenters. The number of esters is 1. The molecule has 0 aromatic heterocycles. The Morgan fingerprint density at radius 3 is 2.35 bits per heavy atom. The van der Waals surface area contributed by atoms with Crippen molar-refractivity contribution in [2.45, 2.75) is 39.3 Å². The third-order valence-corrected chi connectivity index (χ3v) is 3.71. The van der Waals surface area contributed by atoms with E-state index in [0.717, 1.165) is 11.5 Å². The number of hydrogen-bond donors (Lipinski definition) is 4. The van der Waals surface area contributed by atoms with Crippen molar-refractivity contribution in [2.24, 2.45) is 11.8 Å². The maximum absolute atomic E-state index is 12.0. The van der Waals surface area contributed by atoms with Crippen LogP contribution in [-0.4, -0.2) is 48.6 Å². The lowest BCUT2D eigenvalue weighted by Crippen LogP contribution is -2.44. The molecule has 0 bridgehead atoms. The summed E-state index contributed by atoms with van der Waals surface area (Å²) in [6, 6.07) is 8.45. The Morgan fingerprint density at radius 2 is 1.85 bits per heavy atom. The standard InChI is InChI=1S/C14H19BN2O5.C4H10/c1-22-14(19)10-7-11(13(18)16-8-15(20)21)17-12(10)9-5-3-2-4-6-9;1-4(2)3/h2-6,10-12,17,20-21H,7-8H2,1H3,(H,16,18);4H,1-3H3. The first-order valence-corrected chi connectivity index (χ1v) is 8.78. The van der Waals surface area contributed by atoms with Gasteiger partial charge in [-0.1, -0.05) is 51.1 Å². The fraction of sp³-hybridized carbons (Fsp3) is 0.556. The number of benzene rings is 1. The summed E-state index contributed by atoms with van der Waals surface area (Å²) in [7, 11) is -0.286. The highest BCUT2D eigenvalue weighted by Gasteiger charge is 2.42. The van der Waals surface area contributed by atoms with Gasteiger partial charge in [0.05, 0.1) is 25.5 Å². The minimum absolute atomic E-state index is 0.254. The Bertz CT molecular complexity index is 565. The maximum Gasteiger partial charge on any atom is 0.472 e. The smallest absolute Gasteiger partial charge is 0.469 e. The number of methoxy groups -OCH3 is 1. The van der Waals surface area contributed by atoms with Crippen LogP contribution in [-0.2, 0) is 14.3 Å². The van der Waals surface area contributed by atoms with Crippen LogP contribution >= 0.6 is 0 Å². The summed E-state index contributed by atoms with van der Waals surface area (Å²) in [5.41, 5.74) is 0.899. The van der Waals surface area contributed by atoms with Crippen LogP contribution in [0.2, 0.25) is 0 Å². The van der Waals surface area contributed by atoms with Crippen molar-refractivity contribution < 1.29 is 24.4 Å². The molecule has 1 fully saturated rings. The van der Waals surface area contributed by atoms with Crippen LogP contribution in [0.3, 0.4) is 0 Å². The molecule has 0 aliphatic carbocycles. The van der Waals surface area contributed by atoms with Crippen molar-refractivity contribution in [3.63, 3.8) is 0 Å². The van der Waals surface area contributed by atoms with Gasteiger partial charge in [-0.2, -0.15) is 0 Å². The van der Waals surface area contributed by atoms with Gasteiger partial charge in [0.25, 0.3) is 0 Å². The van der Waals surface area contributed by atoms with Crippen molar-refractivity contribution in [3.8, 4) is 0 Å². The summed E-state index contributed by atoms with van der Waals surface area (Å²) in [5, 5.41) is 23.1. The van der Waals surface area contributed by atoms with Crippen molar-refractivity contribution in [1.29, 1.82) is 0 Å². The molecule has 144 valence electrons. The molecule has 26 heavy (non-hydrogen) atoms. The van der Waals surface area contributed by atoms with E-state index in [1.165, 1.54) is 7.11 Å². The number of hydrogen-bond acceptors (Lipinski definition) is 6. The number of amides is 1. The summed E-state index contributed by atoms with van der Waals surface area (Å²) >= 11 is 0. The van der Waals surface area contributed by atoms with Crippen molar-refractivity contribution >= 4 is 19.0 Å². The Balaban J connectivity index is 0.000000765. The van der Waals surface area contributed by atoms with E-state index in [2.05, 4.69) is 31.4 Å². The van der Waals surface area contributed by atoms with E-state index in [1.54, 1.807) is 0 Å². The quantitative estimate of drug-likeness (QED) is 0.452. The first-order valence-electron chi connectivity index (χ1n) is 8.78. The lowest BCUT2D eigenvalue weighted by molar-refractivity contribution is -0.145. The van der Waals surface area contributed by atoms with Crippen LogP contribution < -0.4 is 10.6 Å². The third-order valence-electron chi connectivity index (χ3n) is 3.71. The lowest BCUT2D eigenvalue weighted by atomic mass is 9.92. The van der Waals surface area contributed by atoms with Crippen LogP contribution in [0.25, 0.3) is 0 Å². The predicted octanol–water partition coefficient (Wildman–Crippen LogP) is 0.669. The second-order valence-electron chi connectivity index (χ2n) is 6.93. The van der Waals surface area contributed by atoms with Gasteiger partial charge < -0.3 is 20.1 Å². The molecule has 4 N–H and O–H groups in total. The van der Waals surface area contributed by atoms with Gasteiger partial charge in [-0.05, 0) is 17.9 Å². The molecule has 1 saturated heterocycles. The molecule has 1 heterocycles. The van der Waals surface area contributed by atoms with Gasteiger partial charge in [-0.15, -0.1) is 0 Å². The zero-order chi connectivity index (χ0) is 19.7. The Labute approximate surface area is 155 Å². The van der Waals surface area contributed by atoms with Gasteiger partial charge in [0, 0.05) is 6.04 Å². The van der Waals surface area contributed by atoms with E-state index in [1.807, 2.05) is 30.3 Å². The van der Waals surface area contributed by atoms with Gasteiger partial charge in [-0.3, -0.25) is 14.9 Å². The zero-order valence-electron chi connectivity index (χ0n) is 15.8.